The van der Waals surface area contributed by atoms with Gasteiger partial charge >= 0.3 is 0 Å². The molecule has 2 aromatic carbocycles. The van der Waals surface area contributed by atoms with E-state index in [0.717, 1.165) is 0 Å². The molecule has 0 spiro atoms. The predicted molar refractivity (Wildman–Crippen MR) is 125 cm³/mol. The van der Waals surface area contributed by atoms with Crippen LogP contribution in [0.3, 0.4) is 0 Å². The highest BCUT2D eigenvalue weighted by atomic mass is 14.0. The van der Waals surface area contributed by atoms with E-state index in [-0.39, 0.29) is 0 Å². The van der Waals surface area contributed by atoms with E-state index in [4.69, 9.17) is 0 Å². The molecule has 0 unspecified atom stereocenters. The molecule has 0 radical (unpaired) electrons. The lowest BCUT2D eigenvalue weighted by Crippen LogP contribution is -1.76. The molecule has 0 aromatic heterocycles. The number of aryl methyl sites for hydroxylation is 1. The minimum atomic E-state index is 1.28. The van der Waals surface area contributed by atoms with Crippen LogP contribution in [-0.4, -0.2) is 0 Å². The summed E-state index contributed by atoms with van der Waals surface area (Å²) in [6.45, 7) is 26.1. The standard InChI is InChI=1S/C13H12.6C2H6/c1-11-7-9-13(10-8-11)12-5-3-2-4-6-12;6*1-2/h2-10H,1H3;6*1-2H3. The molecule has 0 heterocycles. The van der Waals surface area contributed by atoms with Gasteiger partial charge in [0.2, 0.25) is 0 Å². The molecule has 0 atom stereocenters. The van der Waals surface area contributed by atoms with Crippen LogP contribution in [0.2, 0.25) is 0 Å². The Hall–Kier alpha value is -1.56. The molecule has 25 heavy (non-hydrogen) atoms. The first-order chi connectivity index (χ1) is 12.4. The van der Waals surface area contributed by atoms with Gasteiger partial charge in [0, 0.05) is 0 Å². The summed E-state index contributed by atoms with van der Waals surface area (Å²) in [5, 5.41) is 0. The molecule has 0 aliphatic carbocycles. The second-order valence-corrected chi connectivity index (χ2v) is 3.23. The van der Waals surface area contributed by atoms with Crippen molar-refractivity contribution in [1.29, 1.82) is 0 Å². The zero-order valence-electron chi connectivity index (χ0n) is 19.7. The molecule has 0 nitrogen and oxygen atoms in total. The van der Waals surface area contributed by atoms with Gasteiger partial charge in [-0.3, -0.25) is 0 Å². The summed E-state index contributed by atoms with van der Waals surface area (Å²) in [5.41, 5.74) is 3.87. The van der Waals surface area contributed by atoms with E-state index in [9.17, 15) is 0 Å². The third-order valence-electron chi connectivity index (χ3n) is 2.16. The zero-order valence-corrected chi connectivity index (χ0v) is 19.7. The minimum absolute atomic E-state index is 1.28. The van der Waals surface area contributed by atoms with Crippen LogP contribution >= 0.6 is 0 Å². The monoisotopic (exact) mass is 348 g/mol. The average molecular weight is 349 g/mol. The maximum Gasteiger partial charge on any atom is -0.0184 e. The number of hydrogen-bond acceptors (Lipinski definition) is 0. The largest absolute Gasteiger partial charge is 0.0683 e. The molecule has 0 fully saturated rings. The van der Waals surface area contributed by atoms with Crippen LogP contribution in [0.15, 0.2) is 54.6 Å². The van der Waals surface area contributed by atoms with Crippen molar-refractivity contribution in [3.05, 3.63) is 60.2 Å². The van der Waals surface area contributed by atoms with Crippen molar-refractivity contribution in [1.82, 2.24) is 0 Å². The Labute approximate surface area is 161 Å². The summed E-state index contributed by atoms with van der Waals surface area (Å²) in [5.74, 6) is 0. The van der Waals surface area contributed by atoms with Crippen molar-refractivity contribution < 1.29 is 0 Å². The molecule has 0 heteroatoms. The molecular weight excluding hydrogens is 300 g/mol. The first kappa shape index (κ1) is 34.7. The quantitative estimate of drug-likeness (QED) is 0.481. The fourth-order valence-corrected chi connectivity index (χ4v) is 1.38. The van der Waals surface area contributed by atoms with Crippen LogP contribution in [0.4, 0.5) is 0 Å². The molecule has 2 rings (SSSR count). The van der Waals surface area contributed by atoms with E-state index in [1.807, 2.05) is 89.2 Å². The van der Waals surface area contributed by atoms with Crippen LogP contribution in [0, 0.1) is 6.92 Å². The van der Waals surface area contributed by atoms with Gasteiger partial charge in [0.05, 0.1) is 0 Å². The third-order valence-corrected chi connectivity index (χ3v) is 2.16. The van der Waals surface area contributed by atoms with E-state index in [1.54, 1.807) is 0 Å². The van der Waals surface area contributed by atoms with Crippen LogP contribution in [-0.2, 0) is 0 Å². The summed E-state index contributed by atoms with van der Waals surface area (Å²) >= 11 is 0. The van der Waals surface area contributed by atoms with E-state index in [0.29, 0.717) is 0 Å². The Kier molecular flexibility index (Phi) is 53.0. The van der Waals surface area contributed by atoms with Crippen LogP contribution in [0.5, 0.6) is 0 Å². The Bertz CT molecular complexity index is 371. The first-order valence-electron chi connectivity index (χ1n) is 10.5. The fraction of sp³-hybridized carbons (Fsp3) is 0.520. The van der Waals surface area contributed by atoms with Gasteiger partial charge in [-0.2, -0.15) is 0 Å². The van der Waals surface area contributed by atoms with Crippen molar-refractivity contribution in [2.45, 2.75) is 90.0 Å². The molecule has 0 saturated carbocycles. The second kappa shape index (κ2) is 38.2. The molecular formula is C25H48. The lowest BCUT2D eigenvalue weighted by molar-refractivity contribution is 1.47. The van der Waals surface area contributed by atoms with E-state index in [1.165, 1.54) is 16.7 Å². The van der Waals surface area contributed by atoms with Crippen LogP contribution in [0.25, 0.3) is 11.1 Å². The van der Waals surface area contributed by atoms with Crippen molar-refractivity contribution >= 4 is 0 Å². The van der Waals surface area contributed by atoms with Gasteiger partial charge in [0.1, 0.15) is 0 Å². The average Bonchev–Trinajstić information content (AvgIpc) is 2.78. The van der Waals surface area contributed by atoms with Crippen molar-refractivity contribution in [3.8, 4) is 11.1 Å². The summed E-state index contributed by atoms with van der Waals surface area (Å²) in [6.07, 6.45) is 0. The molecule has 0 aliphatic heterocycles. The molecule has 0 bridgehead atoms. The topological polar surface area (TPSA) is 0 Å². The van der Waals surface area contributed by atoms with E-state index >= 15 is 0 Å². The molecule has 0 aliphatic rings. The van der Waals surface area contributed by atoms with Gasteiger partial charge in [0.15, 0.2) is 0 Å². The van der Waals surface area contributed by atoms with Gasteiger partial charge in [0.25, 0.3) is 0 Å². The highest BCUT2D eigenvalue weighted by Crippen LogP contribution is 2.18. The lowest BCUT2D eigenvalue weighted by Gasteiger charge is -2.00. The first-order valence-corrected chi connectivity index (χ1v) is 10.5. The molecule has 0 saturated heterocycles. The number of rotatable bonds is 1. The van der Waals surface area contributed by atoms with Crippen LogP contribution < -0.4 is 0 Å². The Morgan fingerprint density at radius 3 is 0.960 bits per heavy atom. The van der Waals surface area contributed by atoms with E-state index < -0.39 is 0 Å². The fourth-order valence-electron chi connectivity index (χ4n) is 1.38. The van der Waals surface area contributed by atoms with Gasteiger partial charge in [-0.1, -0.05) is 143 Å². The van der Waals surface area contributed by atoms with Crippen LogP contribution in [0.1, 0.15) is 88.6 Å². The number of benzene rings is 2. The van der Waals surface area contributed by atoms with Crippen molar-refractivity contribution in [2.75, 3.05) is 0 Å². The normalized spacial score (nSPS) is 6.60. The highest BCUT2D eigenvalue weighted by molar-refractivity contribution is 5.63. The summed E-state index contributed by atoms with van der Waals surface area (Å²) in [4.78, 5) is 0. The maximum absolute atomic E-state index is 2.16. The van der Waals surface area contributed by atoms with E-state index in [2.05, 4.69) is 55.5 Å². The molecule has 148 valence electrons. The second-order valence-electron chi connectivity index (χ2n) is 3.23. The van der Waals surface area contributed by atoms with Gasteiger partial charge in [-0.25, -0.2) is 0 Å². The summed E-state index contributed by atoms with van der Waals surface area (Å²) < 4.78 is 0. The van der Waals surface area contributed by atoms with Gasteiger partial charge in [-0.15, -0.1) is 0 Å². The lowest BCUT2D eigenvalue weighted by atomic mass is 10.0. The Balaban J connectivity index is -0.0000000952. The SMILES string of the molecule is CC.CC.CC.CC.CC.CC.Cc1ccc(-c2ccccc2)cc1. The van der Waals surface area contributed by atoms with Gasteiger partial charge < -0.3 is 0 Å². The minimum Gasteiger partial charge on any atom is -0.0683 e. The molecule has 2 aromatic rings. The third kappa shape index (κ3) is 22.4. The molecule has 0 N–H and O–H groups in total. The summed E-state index contributed by atoms with van der Waals surface area (Å²) in [7, 11) is 0. The summed E-state index contributed by atoms with van der Waals surface area (Å²) in [6, 6.07) is 19.0. The Morgan fingerprint density at radius 2 is 0.640 bits per heavy atom. The van der Waals surface area contributed by atoms with Crippen molar-refractivity contribution in [3.63, 3.8) is 0 Å². The maximum atomic E-state index is 2.16. The van der Waals surface area contributed by atoms with Crippen molar-refractivity contribution in [2.24, 2.45) is 0 Å². The smallest absolute Gasteiger partial charge is 0.0184 e. The number of hydrogen-bond donors (Lipinski definition) is 0. The zero-order chi connectivity index (χ0) is 21.1. The molecule has 0 amide bonds. The predicted octanol–water partition coefficient (Wildman–Crippen LogP) is 9.82. The highest BCUT2D eigenvalue weighted by Gasteiger charge is 1.93. The Morgan fingerprint density at radius 1 is 0.360 bits per heavy atom. The van der Waals surface area contributed by atoms with Gasteiger partial charge in [-0.05, 0) is 18.1 Å².